The minimum Gasteiger partial charge on any atom is -0.355 e. The van der Waals surface area contributed by atoms with E-state index in [9.17, 15) is 0 Å². The Hall–Kier alpha value is -6.14. The van der Waals surface area contributed by atoms with Crippen LogP contribution in [0, 0.1) is 0 Å². The number of fused-ring (bicyclic) bond motifs is 15. The van der Waals surface area contributed by atoms with E-state index in [-0.39, 0.29) is 21.7 Å². The van der Waals surface area contributed by atoms with Crippen molar-refractivity contribution in [1.82, 2.24) is 4.57 Å². The molecule has 0 atom stereocenters. The third-order valence-corrected chi connectivity index (χ3v) is 17.8. The summed E-state index contributed by atoms with van der Waals surface area (Å²) in [4.78, 5) is 0. The summed E-state index contributed by atoms with van der Waals surface area (Å²) in [6.45, 7) is 25.7. The standard InChI is InChI=1S/C63H56BN2S2/c1-60(2,3)34-20-24-37(25-21-34)65-48-33-53-42(41-28-36(62(7,8)9)23-27-52(41)67-53)30-43(48)54-55-39-17-13-15-19-51(39)68-59(55)56-44-29-35(61(4,5)6)22-26-49(44)66-50-32-46-40(31-47(50)64-57(54)58(56)66)38-16-12-14-18-45(38)63(46,10)11/h12-33,65H,1-11H3. The Morgan fingerprint density at radius 2 is 1.16 bits per heavy atom. The molecular weight excluding hydrogens is 860 g/mol. The van der Waals surface area contributed by atoms with Crippen molar-refractivity contribution < 1.29 is 0 Å². The lowest BCUT2D eigenvalue weighted by atomic mass is 9.58. The summed E-state index contributed by atoms with van der Waals surface area (Å²) in [6.07, 6.45) is 0. The summed E-state index contributed by atoms with van der Waals surface area (Å²) in [6, 6.07) is 51.9. The zero-order valence-electron chi connectivity index (χ0n) is 41.0. The van der Waals surface area contributed by atoms with Crippen LogP contribution < -0.4 is 16.2 Å². The lowest BCUT2D eigenvalue weighted by Crippen LogP contribution is -2.38. The van der Waals surface area contributed by atoms with Crippen LogP contribution in [0.1, 0.15) is 104 Å². The molecule has 0 fully saturated rings. The van der Waals surface area contributed by atoms with E-state index in [4.69, 9.17) is 0 Å². The third kappa shape index (κ3) is 6.00. The molecule has 0 saturated carbocycles. The molecule has 0 unspecified atom stereocenters. The molecule has 13 rings (SSSR count). The fourth-order valence-corrected chi connectivity index (χ4v) is 14.0. The van der Waals surface area contributed by atoms with Gasteiger partial charge in [0.1, 0.15) is 0 Å². The first-order valence-electron chi connectivity index (χ1n) is 24.3. The van der Waals surface area contributed by atoms with Crippen molar-refractivity contribution in [2.45, 2.75) is 97.8 Å². The van der Waals surface area contributed by atoms with Crippen LogP contribution in [-0.4, -0.2) is 11.8 Å². The van der Waals surface area contributed by atoms with Crippen LogP contribution >= 0.6 is 22.7 Å². The molecule has 1 aliphatic carbocycles. The quantitative estimate of drug-likeness (QED) is 0.175. The van der Waals surface area contributed by atoms with Gasteiger partial charge in [-0.3, -0.25) is 0 Å². The van der Waals surface area contributed by atoms with Gasteiger partial charge in [-0.2, -0.15) is 0 Å². The van der Waals surface area contributed by atoms with Crippen molar-refractivity contribution in [2.24, 2.45) is 0 Å². The second kappa shape index (κ2) is 14.0. The second-order valence-corrected chi connectivity index (χ2v) is 25.4. The van der Waals surface area contributed by atoms with Crippen molar-refractivity contribution in [3.8, 4) is 27.9 Å². The normalized spacial score (nSPS) is 14.3. The van der Waals surface area contributed by atoms with Crippen molar-refractivity contribution in [3.05, 3.63) is 161 Å². The first kappa shape index (κ1) is 42.0. The number of aromatic nitrogens is 1. The predicted molar refractivity (Wildman–Crippen MR) is 300 cm³/mol. The van der Waals surface area contributed by atoms with Gasteiger partial charge in [0.05, 0.1) is 11.0 Å². The first-order valence-corrected chi connectivity index (χ1v) is 26.0. The number of nitrogens with zero attached hydrogens (tertiary/aromatic N) is 1. The summed E-state index contributed by atoms with van der Waals surface area (Å²) < 4.78 is 7.93. The van der Waals surface area contributed by atoms with Crippen LogP contribution in [0.3, 0.4) is 0 Å². The molecule has 1 N–H and O–H groups in total. The molecule has 1 aliphatic heterocycles. The smallest absolute Gasteiger partial charge is 0.197 e. The molecule has 0 amide bonds. The van der Waals surface area contributed by atoms with E-state index in [2.05, 4.69) is 227 Å². The lowest BCUT2D eigenvalue weighted by Gasteiger charge is -2.28. The zero-order valence-corrected chi connectivity index (χ0v) is 42.7. The van der Waals surface area contributed by atoms with Gasteiger partial charge >= 0.3 is 0 Å². The number of benzene rings is 8. The van der Waals surface area contributed by atoms with Crippen molar-refractivity contribution >= 4 is 114 Å². The van der Waals surface area contributed by atoms with E-state index >= 15 is 0 Å². The van der Waals surface area contributed by atoms with Gasteiger partial charge in [0.2, 0.25) is 0 Å². The summed E-state index contributed by atoms with van der Waals surface area (Å²) >= 11 is 3.86. The van der Waals surface area contributed by atoms with E-state index in [1.165, 1.54) is 129 Å². The molecule has 11 aromatic rings. The highest BCUT2D eigenvalue weighted by atomic mass is 32.1. The third-order valence-electron chi connectivity index (χ3n) is 15.5. The summed E-state index contributed by atoms with van der Waals surface area (Å²) in [5.74, 6) is 0. The van der Waals surface area contributed by atoms with Crippen LogP contribution in [0.15, 0.2) is 133 Å². The predicted octanol–water partition coefficient (Wildman–Crippen LogP) is 17.1. The molecule has 8 aromatic carbocycles. The maximum absolute atomic E-state index is 4.07. The average molecular weight is 916 g/mol. The summed E-state index contributed by atoms with van der Waals surface area (Å²) in [5, 5.41) is 12.0. The fourth-order valence-electron chi connectivity index (χ4n) is 11.7. The Bertz CT molecular complexity index is 3980. The highest BCUT2D eigenvalue weighted by Gasteiger charge is 2.39. The average Bonchev–Trinajstić information content (AvgIpc) is 4.02. The van der Waals surface area contributed by atoms with Gasteiger partial charge in [0.15, 0.2) is 7.28 Å². The minimum absolute atomic E-state index is 0.0112. The molecule has 4 heterocycles. The molecule has 0 spiro atoms. The topological polar surface area (TPSA) is 17.0 Å². The molecular formula is C63H56BN2S2. The van der Waals surface area contributed by atoms with E-state index in [1.807, 2.05) is 22.7 Å². The summed E-state index contributed by atoms with van der Waals surface area (Å²) in [5.41, 5.74) is 20.6. The van der Waals surface area contributed by atoms with Gasteiger partial charge < -0.3 is 9.88 Å². The fraction of sp³-hybridized carbons (Fsp3) is 0.238. The van der Waals surface area contributed by atoms with Crippen molar-refractivity contribution in [1.29, 1.82) is 0 Å². The molecule has 68 heavy (non-hydrogen) atoms. The number of thiophene rings is 2. The number of hydrogen-bond donors (Lipinski definition) is 1. The highest BCUT2D eigenvalue weighted by Crippen LogP contribution is 2.53. The monoisotopic (exact) mass is 915 g/mol. The van der Waals surface area contributed by atoms with Crippen LogP contribution in [0.25, 0.3) is 90.1 Å². The lowest BCUT2D eigenvalue weighted by molar-refractivity contribution is 0.590. The van der Waals surface area contributed by atoms with Crippen LogP contribution in [0.4, 0.5) is 11.4 Å². The van der Waals surface area contributed by atoms with Gasteiger partial charge in [-0.25, -0.2) is 0 Å². The maximum Gasteiger partial charge on any atom is 0.197 e. The molecule has 0 bridgehead atoms. The van der Waals surface area contributed by atoms with Gasteiger partial charge in [-0.05, 0) is 127 Å². The van der Waals surface area contributed by atoms with Gasteiger partial charge in [-0.15, -0.1) is 22.7 Å². The Balaban J connectivity index is 1.20. The van der Waals surface area contributed by atoms with E-state index in [0.717, 1.165) is 11.4 Å². The van der Waals surface area contributed by atoms with Crippen molar-refractivity contribution in [3.63, 3.8) is 0 Å². The van der Waals surface area contributed by atoms with E-state index in [0.29, 0.717) is 0 Å². The van der Waals surface area contributed by atoms with E-state index in [1.54, 1.807) is 0 Å². The molecule has 1 radical (unpaired) electrons. The Morgan fingerprint density at radius 1 is 0.515 bits per heavy atom. The number of nitrogens with one attached hydrogen (secondary N) is 1. The number of rotatable bonds is 3. The van der Waals surface area contributed by atoms with Crippen LogP contribution in [0.2, 0.25) is 0 Å². The molecule has 2 aliphatic rings. The number of hydrogen-bond acceptors (Lipinski definition) is 3. The molecule has 333 valence electrons. The van der Waals surface area contributed by atoms with Gasteiger partial charge in [0.25, 0.3) is 0 Å². The molecule has 5 heteroatoms. The second-order valence-electron chi connectivity index (χ2n) is 23.3. The van der Waals surface area contributed by atoms with Crippen molar-refractivity contribution in [2.75, 3.05) is 5.32 Å². The van der Waals surface area contributed by atoms with Crippen LogP contribution in [0.5, 0.6) is 0 Å². The van der Waals surface area contributed by atoms with Gasteiger partial charge in [0, 0.05) is 79.2 Å². The number of anilines is 2. The Morgan fingerprint density at radius 3 is 1.91 bits per heavy atom. The summed E-state index contributed by atoms with van der Waals surface area (Å²) in [7, 11) is 2.56. The Labute approximate surface area is 408 Å². The molecule has 3 aromatic heterocycles. The molecule has 0 saturated heterocycles. The first-order chi connectivity index (χ1) is 32.3. The Kier molecular flexibility index (Phi) is 8.64. The maximum atomic E-state index is 4.07. The zero-order chi connectivity index (χ0) is 47.0. The SMILES string of the molecule is CC(C)(C)c1ccc(Nc2cc3sc4ccc(C(C)(C)C)cc4c3cc2-c2c3c4c(c5cc(C(C)(C)C)ccc5n4-c4cc5c(cc4[B]3)-c3ccccc3C5(C)C)c3sc4ccccc4c23)cc1. The highest BCUT2D eigenvalue weighted by molar-refractivity contribution is 7.27. The van der Waals surface area contributed by atoms with Gasteiger partial charge in [-0.1, -0.05) is 154 Å². The molecule has 2 nitrogen and oxygen atoms in total. The van der Waals surface area contributed by atoms with E-state index < -0.39 is 0 Å². The van der Waals surface area contributed by atoms with Crippen LogP contribution in [-0.2, 0) is 21.7 Å². The minimum atomic E-state index is -0.124. The largest absolute Gasteiger partial charge is 0.355 e.